The van der Waals surface area contributed by atoms with E-state index in [1.807, 2.05) is 44.2 Å². The molecule has 0 unspecified atom stereocenters. The highest BCUT2D eigenvalue weighted by Gasteiger charge is 2.71. The van der Waals surface area contributed by atoms with E-state index >= 15 is 0 Å². The number of aliphatic hydroxyl groups excluding tert-OH is 1. The van der Waals surface area contributed by atoms with Crippen molar-refractivity contribution >= 4 is 18.0 Å². The first kappa shape index (κ1) is 22.7. The van der Waals surface area contributed by atoms with Crippen LogP contribution >= 0.6 is 0 Å². The topological polar surface area (TPSA) is 82.1 Å². The second kappa shape index (κ2) is 8.49. The Hall–Kier alpha value is -2.44. The molecule has 1 aromatic rings. The summed E-state index contributed by atoms with van der Waals surface area (Å²) in [5, 5.41) is 9.24. The Balaban J connectivity index is 1.66. The summed E-state index contributed by atoms with van der Waals surface area (Å²) >= 11 is 0. The Labute approximate surface area is 189 Å². The molecule has 0 amide bonds. The van der Waals surface area contributed by atoms with Gasteiger partial charge in [0, 0.05) is 18.4 Å². The lowest BCUT2D eigenvalue weighted by atomic mass is 9.70. The molecule has 172 valence electrons. The Kier molecular flexibility index (Phi) is 6.03. The molecule has 7 atom stereocenters. The van der Waals surface area contributed by atoms with Gasteiger partial charge >= 0.3 is 11.9 Å². The van der Waals surface area contributed by atoms with Gasteiger partial charge in [0.05, 0.1) is 0 Å². The highest BCUT2D eigenvalue weighted by molar-refractivity contribution is 5.87. The lowest BCUT2D eigenvalue weighted by Gasteiger charge is -2.51. The zero-order chi connectivity index (χ0) is 23.1. The Morgan fingerprint density at radius 1 is 1.25 bits per heavy atom. The molecule has 2 bridgehead atoms. The van der Waals surface area contributed by atoms with E-state index in [2.05, 4.69) is 13.5 Å². The van der Waals surface area contributed by atoms with E-state index in [1.165, 1.54) is 6.08 Å². The van der Waals surface area contributed by atoms with Crippen molar-refractivity contribution in [2.45, 2.75) is 63.4 Å². The van der Waals surface area contributed by atoms with Crippen LogP contribution in [0.4, 0.5) is 0 Å². The summed E-state index contributed by atoms with van der Waals surface area (Å²) in [7, 11) is 0. The summed E-state index contributed by atoms with van der Waals surface area (Å²) < 4.78 is 18.4. The van der Waals surface area contributed by atoms with Crippen LogP contribution in [0.25, 0.3) is 6.08 Å². The Bertz CT molecular complexity index is 924. The molecule has 3 fully saturated rings. The number of esters is 2. The fraction of sp³-hybridized carbons (Fsp3) is 0.538. The number of benzene rings is 1. The van der Waals surface area contributed by atoms with Gasteiger partial charge in [-0.3, -0.25) is 0 Å². The second-order valence-corrected chi connectivity index (χ2v) is 9.64. The largest absolute Gasteiger partial charge is 0.457 e. The number of hydrogen-bond acceptors (Lipinski definition) is 6. The Morgan fingerprint density at radius 2 is 1.97 bits per heavy atom. The summed E-state index contributed by atoms with van der Waals surface area (Å²) in [6.45, 7) is 9.53. The van der Waals surface area contributed by atoms with Gasteiger partial charge < -0.3 is 19.3 Å². The van der Waals surface area contributed by atoms with Crippen molar-refractivity contribution in [1.29, 1.82) is 0 Å². The average Bonchev–Trinajstić information content (AvgIpc) is 3.28. The first-order chi connectivity index (χ1) is 15.2. The van der Waals surface area contributed by atoms with Gasteiger partial charge in [0.25, 0.3) is 0 Å². The third-order valence-electron chi connectivity index (χ3n) is 7.71. The molecular weight excluding hydrogens is 408 g/mol. The van der Waals surface area contributed by atoms with Crippen molar-refractivity contribution in [3.05, 3.63) is 54.1 Å². The fourth-order valence-corrected chi connectivity index (χ4v) is 6.10. The molecule has 0 radical (unpaired) electrons. The quantitative estimate of drug-likeness (QED) is 0.413. The second-order valence-electron chi connectivity index (χ2n) is 9.64. The van der Waals surface area contributed by atoms with E-state index in [9.17, 15) is 14.7 Å². The molecule has 2 aliphatic heterocycles. The minimum Gasteiger partial charge on any atom is -0.457 e. The van der Waals surface area contributed by atoms with Crippen molar-refractivity contribution in [3.63, 3.8) is 0 Å². The molecule has 2 heterocycles. The Morgan fingerprint density at radius 3 is 2.62 bits per heavy atom. The molecule has 1 N–H and O–H groups in total. The summed E-state index contributed by atoms with van der Waals surface area (Å²) in [6.07, 6.45) is 4.35. The molecule has 0 aromatic heterocycles. The molecule has 1 saturated carbocycles. The fourth-order valence-electron chi connectivity index (χ4n) is 6.10. The predicted molar refractivity (Wildman–Crippen MR) is 119 cm³/mol. The smallest absolute Gasteiger partial charge is 0.332 e. The minimum absolute atomic E-state index is 0.0670. The molecule has 0 spiro atoms. The molecule has 2 saturated heterocycles. The van der Waals surface area contributed by atoms with E-state index in [4.69, 9.17) is 14.2 Å². The highest BCUT2D eigenvalue weighted by atomic mass is 16.6. The molecule has 3 aliphatic rings. The number of rotatable bonds is 6. The summed E-state index contributed by atoms with van der Waals surface area (Å²) in [5.74, 6) is -0.645. The molecule has 6 nitrogen and oxygen atoms in total. The molecule has 4 rings (SSSR count). The van der Waals surface area contributed by atoms with Crippen LogP contribution in [-0.4, -0.2) is 47.1 Å². The van der Waals surface area contributed by atoms with E-state index in [1.54, 1.807) is 6.08 Å². The number of fused-ring (bicyclic) bond motifs is 4. The van der Waals surface area contributed by atoms with Crippen molar-refractivity contribution in [2.24, 2.45) is 17.8 Å². The van der Waals surface area contributed by atoms with Gasteiger partial charge in [-0.25, -0.2) is 9.59 Å². The monoisotopic (exact) mass is 440 g/mol. The van der Waals surface area contributed by atoms with Gasteiger partial charge in [-0.05, 0) is 55.7 Å². The molecule has 1 aromatic carbocycles. The van der Waals surface area contributed by atoms with Crippen LogP contribution in [0.1, 0.15) is 45.6 Å². The SMILES string of the molecule is C=C(C)[C@@]12C[C@@H](OC(=O)CO)[C@@](C)(O1)[C@@H]1CC[C@@H](C)[C@H]1[C@@H]2OC(=O)/C=C\c1ccccc1. The third kappa shape index (κ3) is 3.69. The van der Waals surface area contributed by atoms with Crippen LogP contribution < -0.4 is 0 Å². The molecule has 32 heavy (non-hydrogen) atoms. The number of aliphatic hydroxyl groups is 1. The van der Waals surface area contributed by atoms with Crippen LogP contribution in [0, 0.1) is 17.8 Å². The van der Waals surface area contributed by atoms with Gasteiger partial charge in [-0.15, -0.1) is 0 Å². The molecule has 1 aliphatic carbocycles. The zero-order valence-electron chi connectivity index (χ0n) is 19.0. The van der Waals surface area contributed by atoms with Crippen LogP contribution in [0.3, 0.4) is 0 Å². The van der Waals surface area contributed by atoms with Crippen LogP contribution in [0.2, 0.25) is 0 Å². The summed E-state index contributed by atoms with van der Waals surface area (Å²) in [4.78, 5) is 24.9. The van der Waals surface area contributed by atoms with Crippen LogP contribution in [0.5, 0.6) is 0 Å². The maximum absolute atomic E-state index is 12.9. The number of carbonyl (C=O) groups excluding carboxylic acids is 2. The van der Waals surface area contributed by atoms with Crippen molar-refractivity contribution in [3.8, 4) is 0 Å². The van der Waals surface area contributed by atoms with E-state index < -0.39 is 42.0 Å². The maximum atomic E-state index is 12.9. The molecular formula is C26H32O6. The normalized spacial score (nSPS) is 37.8. The van der Waals surface area contributed by atoms with E-state index in [0.717, 1.165) is 24.0 Å². The maximum Gasteiger partial charge on any atom is 0.332 e. The zero-order valence-corrected chi connectivity index (χ0v) is 19.0. The molecule has 6 heteroatoms. The van der Waals surface area contributed by atoms with Gasteiger partial charge in [-0.2, -0.15) is 0 Å². The lowest BCUT2D eigenvalue weighted by Crippen LogP contribution is -2.60. The average molecular weight is 441 g/mol. The highest BCUT2D eigenvalue weighted by Crippen LogP contribution is 2.63. The first-order valence-corrected chi connectivity index (χ1v) is 11.3. The summed E-state index contributed by atoms with van der Waals surface area (Å²) in [6, 6.07) is 9.58. The van der Waals surface area contributed by atoms with E-state index in [-0.39, 0.29) is 11.8 Å². The van der Waals surface area contributed by atoms with Crippen LogP contribution in [0.15, 0.2) is 48.6 Å². The van der Waals surface area contributed by atoms with Crippen molar-refractivity contribution in [2.75, 3.05) is 6.61 Å². The third-order valence-corrected chi connectivity index (χ3v) is 7.71. The van der Waals surface area contributed by atoms with Gasteiger partial charge in [0.1, 0.15) is 30.0 Å². The van der Waals surface area contributed by atoms with Gasteiger partial charge in [0.2, 0.25) is 0 Å². The minimum atomic E-state index is -0.939. The van der Waals surface area contributed by atoms with Crippen molar-refractivity contribution < 1.29 is 28.9 Å². The van der Waals surface area contributed by atoms with Crippen molar-refractivity contribution in [1.82, 2.24) is 0 Å². The van der Waals surface area contributed by atoms with Gasteiger partial charge in [0.15, 0.2) is 0 Å². The lowest BCUT2D eigenvalue weighted by molar-refractivity contribution is -0.241. The number of carbonyl (C=O) groups is 2. The standard InChI is InChI=1S/C26H32O6/c1-16(2)26-14-20(30-22(29)15-27)25(4,32-26)19-12-10-17(3)23(19)24(26)31-21(28)13-11-18-8-6-5-7-9-18/h5-9,11,13,17,19-20,23-24,27H,1,10,12,14-15H2,2-4H3/b13-11-/t17-,19-,20-,23-,24+,25+,26-/m1/s1. The van der Waals surface area contributed by atoms with E-state index in [0.29, 0.717) is 12.3 Å². The van der Waals surface area contributed by atoms with Gasteiger partial charge in [-0.1, -0.05) is 43.8 Å². The number of hydrogen-bond donors (Lipinski definition) is 1. The summed E-state index contributed by atoms with van der Waals surface area (Å²) in [5.41, 5.74) is -0.00294. The predicted octanol–water partition coefficient (Wildman–Crippen LogP) is 3.69. The number of ether oxygens (including phenoxy) is 3. The van der Waals surface area contributed by atoms with Crippen LogP contribution in [-0.2, 0) is 23.8 Å². The first-order valence-electron chi connectivity index (χ1n) is 11.3.